The number of aromatic hydroxyl groups is 1. The normalized spacial score (nSPS) is 12.9. The van der Waals surface area contributed by atoms with Crippen molar-refractivity contribution in [3.05, 3.63) is 63.8 Å². The van der Waals surface area contributed by atoms with Gasteiger partial charge in [0.25, 0.3) is 5.91 Å². The SMILES string of the molecule is CCO[C@@H](/C=C/C(=O)NO)[C@@H](OC(=O)Nc1ccc(SC)cc1)c1cc(I)ccc1O. The van der Waals surface area contributed by atoms with Gasteiger partial charge in [0.05, 0.1) is 0 Å². The first-order chi connectivity index (χ1) is 14.9. The van der Waals surface area contributed by atoms with E-state index >= 15 is 0 Å². The van der Waals surface area contributed by atoms with Gasteiger partial charge in [-0.05, 0) is 84.3 Å². The Labute approximate surface area is 198 Å². The highest BCUT2D eigenvalue weighted by molar-refractivity contribution is 14.1. The molecule has 8 nitrogen and oxygen atoms in total. The lowest BCUT2D eigenvalue weighted by atomic mass is 10.0. The van der Waals surface area contributed by atoms with Crippen molar-refractivity contribution in [2.24, 2.45) is 0 Å². The number of hydroxylamine groups is 1. The highest BCUT2D eigenvalue weighted by Crippen LogP contribution is 2.33. The zero-order valence-electron chi connectivity index (χ0n) is 16.9. The van der Waals surface area contributed by atoms with E-state index in [0.717, 1.165) is 14.5 Å². The summed E-state index contributed by atoms with van der Waals surface area (Å²) in [5.74, 6) is -0.860. The molecular formula is C21H23IN2O6S. The maximum Gasteiger partial charge on any atom is 0.412 e. The van der Waals surface area contributed by atoms with Crippen LogP contribution >= 0.6 is 34.4 Å². The summed E-state index contributed by atoms with van der Waals surface area (Å²) in [7, 11) is 0. The molecule has 31 heavy (non-hydrogen) atoms. The molecule has 0 radical (unpaired) electrons. The van der Waals surface area contributed by atoms with Gasteiger partial charge < -0.3 is 14.6 Å². The highest BCUT2D eigenvalue weighted by Gasteiger charge is 2.29. The Morgan fingerprint density at radius 3 is 2.55 bits per heavy atom. The number of ether oxygens (including phenoxy) is 2. The summed E-state index contributed by atoms with van der Waals surface area (Å²) in [6.45, 7) is 1.99. The van der Waals surface area contributed by atoms with Crippen LogP contribution in [-0.4, -0.2) is 41.3 Å². The van der Waals surface area contributed by atoms with Crippen LogP contribution in [-0.2, 0) is 14.3 Å². The Balaban J connectivity index is 2.32. The average Bonchev–Trinajstić information content (AvgIpc) is 2.77. The molecule has 2 amide bonds. The molecule has 0 spiro atoms. The fraction of sp³-hybridized carbons (Fsp3) is 0.238. The van der Waals surface area contributed by atoms with Crippen molar-refractivity contribution in [2.75, 3.05) is 18.2 Å². The van der Waals surface area contributed by atoms with Gasteiger partial charge in [0.1, 0.15) is 11.9 Å². The summed E-state index contributed by atoms with van der Waals surface area (Å²) < 4.78 is 12.1. The third kappa shape index (κ3) is 7.73. The van der Waals surface area contributed by atoms with E-state index < -0.39 is 24.2 Å². The molecule has 10 heteroatoms. The number of carbonyl (C=O) groups excluding carboxylic acids is 2. The van der Waals surface area contributed by atoms with E-state index in [4.69, 9.17) is 14.7 Å². The number of halogens is 1. The third-order valence-corrected chi connectivity index (χ3v) is 5.49. The summed E-state index contributed by atoms with van der Waals surface area (Å²) in [6.07, 6.45) is 1.62. The van der Waals surface area contributed by atoms with Crippen LogP contribution in [0.15, 0.2) is 59.5 Å². The minimum atomic E-state index is -1.07. The molecule has 0 aliphatic heterocycles. The Kier molecular flexibility index (Phi) is 10.1. The number of benzene rings is 2. The van der Waals surface area contributed by atoms with Crippen molar-refractivity contribution >= 4 is 52.0 Å². The van der Waals surface area contributed by atoms with Gasteiger partial charge in [-0.15, -0.1) is 11.8 Å². The molecule has 0 aromatic heterocycles. The molecule has 0 bridgehead atoms. The number of nitrogens with one attached hydrogen (secondary N) is 2. The van der Waals surface area contributed by atoms with E-state index in [0.29, 0.717) is 11.3 Å². The monoisotopic (exact) mass is 558 g/mol. The molecular weight excluding hydrogens is 535 g/mol. The van der Waals surface area contributed by atoms with Crippen molar-refractivity contribution < 1.29 is 29.4 Å². The first kappa shape index (κ1) is 25.0. The van der Waals surface area contributed by atoms with Crippen molar-refractivity contribution in [1.82, 2.24) is 5.48 Å². The van der Waals surface area contributed by atoms with Crippen LogP contribution in [0.1, 0.15) is 18.6 Å². The molecule has 166 valence electrons. The van der Waals surface area contributed by atoms with Crippen LogP contribution in [0, 0.1) is 3.57 Å². The number of phenols is 1. The van der Waals surface area contributed by atoms with Crippen LogP contribution < -0.4 is 10.8 Å². The predicted molar refractivity (Wildman–Crippen MR) is 126 cm³/mol. The molecule has 0 unspecified atom stereocenters. The number of rotatable bonds is 9. The number of thioether (sulfide) groups is 1. The van der Waals surface area contributed by atoms with Crippen molar-refractivity contribution in [2.45, 2.75) is 24.0 Å². The Hall–Kier alpha value is -2.28. The fourth-order valence-corrected chi connectivity index (χ4v) is 3.58. The largest absolute Gasteiger partial charge is 0.508 e. The zero-order chi connectivity index (χ0) is 22.8. The molecule has 0 saturated carbocycles. The molecule has 4 N–H and O–H groups in total. The lowest BCUT2D eigenvalue weighted by Gasteiger charge is -2.26. The van der Waals surface area contributed by atoms with E-state index in [-0.39, 0.29) is 12.4 Å². The zero-order valence-corrected chi connectivity index (χ0v) is 19.8. The molecule has 2 rings (SSSR count). The van der Waals surface area contributed by atoms with Gasteiger partial charge in [0.15, 0.2) is 6.10 Å². The van der Waals surface area contributed by atoms with Gasteiger partial charge in [0.2, 0.25) is 0 Å². The molecule has 2 atom stereocenters. The summed E-state index contributed by atoms with van der Waals surface area (Å²) in [5.41, 5.74) is 2.34. The third-order valence-electron chi connectivity index (χ3n) is 4.07. The molecule has 0 saturated heterocycles. The first-order valence-electron chi connectivity index (χ1n) is 9.21. The molecule has 2 aromatic rings. The van der Waals surface area contributed by atoms with E-state index in [1.54, 1.807) is 43.0 Å². The van der Waals surface area contributed by atoms with Gasteiger partial charge >= 0.3 is 6.09 Å². The quantitative estimate of drug-likeness (QED) is 0.118. The highest BCUT2D eigenvalue weighted by atomic mass is 127. The van der Waals surface area contributed by atoms with Gasteiger partial charge in [-0.2, -0.15) is 0 Å². The van der Waals surface area contributed by atoms with E-state index in [9.17, 15) is 14.7 Å². The minimum Gasteiger partial charge on any atom is -0.508 e. The fourth-order valence-electron chi connectivity index (χ4n) is 2.65. The van der Waals surface area contributed by atoms with Gasteiger partial charge in [-0.1, -0.05) is 0 Å². The maximum absolute atomic E-state index is 12.6. The van der Waals surface area contributed by atoms with Crippen LogP contribution in [0.25, 0.3) is 0 Å². The van der Waals surface area contributed by atoms with Gasteiger partial charge in [-0.3, -0.25) is 15.3 Å². The molecule has 2 aromatic carbocycles. The van der Waals surface area contributed by atoms with Crippen molar-refractivity contribution in [3.63, 3.8) is 0 Å². The number of hydrogen-bond acceptors (Lipinski definition) is 7. The topological polar surface area (TPSA) is 117 Å². The summed E-state index contributed by atoms with van der Waals surface area (Å²) in [6, 6.07) is 12.1. The smallest absolute Gasteiger partial charge is 0.412 e. The second-order valence-electron chi connectivity index (χ2n) is 6.14. The molecule has 0 aliphatic carbocycles. The number of anilines is 1. The standard InChI is InChI=1S/C21H23IN2O6S/c1-3-29-18(10-11-19(26)24-28)20(16-12-13(22)4-9-17(16)25)30-21(27)23-14-5-7-15(31-2)8-6-14/h4-12,18,20,25,28H,3H2,1-2H3,(H,23,27)(H,24,26)/b11-10+/t18-,20-/m0/s1. The van der Waals surface area contributed by atoms with Crippen LogP contribution in [0.3, 0.4) is 0 Å². The molecule has 0 fully saturated rings. The maximum atomic E-state index is 12.6. The summed E-state index contributed by atoms with van der Waals surface area (Å²) >= 11 is 3.65. The lowest BCUT2D eigenvalue weighted by Crippen LogP contribution is -2.28. The predicted octanol–water partition coefficient (Wildman–Crippen LogP) is 4.48. The Bertz CT molecular complexity index is 923. The second kappa shape index (κ2) is 12.5. The van der Waals surface area contributed by atoms with Crippen molar-refractivity contribution in [3.8, 4) is 5.75 Å². The van der Waals surface area contributed by atoms with Crippen LogP contribution in [0.5, 0.6) is 5.75 Å². The van der Waals surface area contributed by atoms with Crippen molar-refractivity contribution in [1.29, 1.82) is 0 Å². The number of hydrogen-bond donors (Lipinski definition) is 4. The molecule has 0 heterocycles. The summed E-state index contributed by atoms with van der Waals surface area (Å²) in [5, 5.41) is 21.8. The number of carbonyl (C=O) groups is 2. The first-order valence-corrected chi connectivity index (χ1v) is 11.5. The second-order valence-corrected chi connectivity index (χ2v) is 8.26. The number of amides is 2. The van der Waals surface area contributed by atoms with Gasteiger partial charge in [-0.25, -0.2) is 10.3 Å². The summed E-state index contributed by atoms with van der Waals surface area (Å²) in [4.78, 5) is 25.1. The number of phenolic OH excluding ortho intramolecular Hbond substituents is 1. The lowest BCUT2D eigenvalue weighted by molar-refractivity contribution is -0.124. The van der Waals surface area contributed by atoms with Crippen LogP contribution in [0.2, 0.25) is 0 Å². The molecule has 0 aliphatic rings. The minimum absolute atomic E-state index is 0.0905. The average molecular weight is 558 g/mol. The van der Waals surface area contributed by atoms with E-state index in [2.05, 4.69) is 27.9 Å². The van der Waals surface area contributed by atoms with Gasteiger partial charge in [0, 0.05) is 32.4 Å². The van der Waals surface area contributed by atoms with Crippen LogP contribution in [0.4, 0.5) is 10.5 Å². The Morgan fingerprint density at radius 1 is 1.23 bits per heavy atom. The van der Waals surface area contributed by atoms with E-state index in [1.807, 2.05) is 18.4 Å². The van der Waals surface area contributed by atoms with E-state index in [1.165, 1.54) is 17.6 Å². The Morgan fingerprint density at radius 2 is 1.94 bits per heavy atom.